The van der Waals surface area contributed by atoms with E-state index in [2.05, 4.69) is 52.8 Å². The summed E-state index contributed by atoms with van der Waals surface area (Å²) in [4.78, 5) is 58.9. The Morgan fingerprint density at radius 3 is 1.38 bits per heavy atom. The molecule has 0 saturated carbocycles. The summed E-state index contributed by atoms with van der Waals surface area (Å²) in [5, 5.41) is 11.4. The number of ether oxygens (including phenoxy) is 2. The van der Waals surface area contributed by atoms with Crippen molar-refractivity contribution in [1.29, 1.82) is 0 Å². The highest BCUT2D eigenvalue weighted by Crippen LogP contribution is 2.45. The van der Waals surface area contributed by atoms with E-state index >= 15 is 4.39 Å². The molecule has 5 N–H and O–H groups in total. The number of nitrogens with zero attached hydrogens (tertiary/aromatic N) is 8. The van der Waals surface area contributed by atoms with Crippen LogP contribution in [0.15, 0.2) is 89.7 Å². The molecule has 0 bridgehead atoms. The van der Waals surface area contributed by atoms with Crippen LogP contribution < -0.4 is 21.7 Å². The van der Waals surface area contributed by atoms with Gasteiger partial charge in [-0.25, -0.2) is 65.8 Å². The van der Waals surface area contributed by atoms with E-state index in [1.165, 1.54) is 67.8 Å². The molecule has 6 unspecified atom stereocenters. The number of nitrogens with one attached hydrogen (secondary N) is 3. The summed E-state index contributed by atoms with van der Waals surface area (Å²) in [6.45, 7) is 19.7. The zero-order valence-electron chi connectivity index (χ0n) is 55.4. The molecule has 3 aliphatic heterocycles. The van der Waals surface area contributed by atoms with Crippen LogP contribution >= 0.6 is 79.6 Å². The van der Waals surface area contributed by atoms with Gasteiger partial charge < -0.3 is 41.0 Å². The van der Waals surface area contributed by atoms with Gasteiger partial charge in [-0.2, -0.15) is 0 Å². The lowest BCUT2D eigenvalue weighted by atomic mass is 9.89. The number of aromatic nitrogens is 6. The van der Waals surface area contributed by atoms with Crippen LogP contribution in [0.1, 0.15) is 133 Å². The molecule has 3 fully saturated rings. The molecule has 6 atom stereocenters. The van der Waals surface area contributed by atoms with Crippen LogP contribution in [0.25, 0.3) is 61.3 Å². The molecule has 0 aliphatic carbocycles. The Labute approximate surface area is 596 Å². The summed E-state index contributed by atoms with van der Waals surface area (Å²) < 4.78 is 99.5. The minimum absolute atomic E-state index is 0.000264. The van der Waals surface area contributed by atoms with Crippen LogP contribution in [0, 0.1) is 34.9 Å². The first-order chi connectivity index (χ1) is 47.2. The zero-order chi connectivity index (χ0) is 70.4. The Morgan fingerprint density at radius 1 is 0.545 bits per heavy atom. The van der Waals surface area contributed by atoms with Crippen molar-refractivity contribution in [2.45, 2.75) is 148 Å². The molecular weight excluding hydrogens is 1410 g/mol. The summed E-state index contributed by atoms with van der Waals surface area (Å²) in [5.74, 6) is -2.35. The number of benzene rings is 3. The standard InChI is InChI=1S/C25H26F2N4O2S2.C20H18F2N4S2.C18H22ClFN2O2S.C7H5FN2S/c1-13-14(6-5-9-31(13)24(32)33-25(2,3)4)19-10-15-21(16(26)11-28-23(15)35-19)30-17-7-8-18-22(20(17)27)29-12-34-18;1-10-11(3-2-6-23-10)16-7-12-18(13(21)8-24-20(12)28-16)26-14-4-5-15-19(17(14)22)25-9-27-15;1-10-11(6-5-7-22(10)17(23)24-18(2,3)4)14-8-12-15(19)13(20)9-21-16(12)25-14;8-6-4(9)1-2-5-7(6)10-3-11-5/h7-8,10-14H,5-6,9H2,1-4H3,(H,28,30);4-5,7-11,23H,2-3,6H2,1H3,(H,24,26);8-11H,5-7H2,1-4H3;1-3H,9H2. The van der Waals surface area contributed by atoms with E-state index in [9.17, 15) is 31.5 Å². The molecule has 2 amide bonds. The van der Waals surface area contributed by atoms with E-state index < -0.39 is 46.1 Å². The number of halogens is 7. The minimum atomic E-state index is -0.569. The average molecular weight is 1490 g/mol. The van der Waals surface area contributed by atoms with Crippen molar-refractivity contribution in [3.8, 4) is 0 Å². The molecule has 3 aliphatic rings. The number of piperidine rings is 3. The first-order valence-electron chi connectivity index (χ1n) is 32.2. The quantitative estimate of drug-likeness (QED) is 0.0868. The van der Waals surface area contributed by atoms with Gasteiger partial charge >= 0.3 is 12.2 Å². The zero-order valence-corrected chi connectivity index (χ0v) is 61.0. The summed E-state index contributed by atoms with van der Waals surface area (Å²) >= 11 is 14.8. The molecule has 15 rings (SSSR count). The summed E-state index contributed by atoms with van der Waals surface area (Å²) in [7, 11) is 0. The molecule has 16 nitrogen and oxygen atoms in total. The van der Waals surface area contributed by atoms with Crippen molar-refractivity contribution in [2.24, 2.45) is 0 Å². The second kappa shape index (κ2) is 29.6. The third kappa shape index (κ3) is 15.5. The highest BCUT2D eigenvalue weighted by molar-refractivity contribution is 7.20. The van der Waals surface area contributed by atoms with Gasteiger partial charge in [0.15, 0.2) is 34.9 Å². The third-order valence-corrected chi connectivity index (χ3v) is 23.8. The number of nitrogen functional groups attached to an aromatic ring is 1. The van der Waals surface area contributed by atoms with Gasteiger partial charge in [0.1, 0.15) is 42.2 Å². The fraction of sp³-hybridized carbons (Fsp3) is 0.371. The maximum absolute atomic E-state index is 15.0. The predicted molar refractivity (Wildman–Crippen MR) is 392 cm³/mol. The Balaban J connectivity index is 0.000000132. The lowest BCUT2D eigenvalue weighted by Gasteiger charge is -2.39. The van der Waals surface area contributed by atoms with Crippen molar-refractivity contribution in [1.82, 2.24) is 45.0 Å². The van der Waals surface area contributed by atoms with Gasteiger partial charge in [0.05, 0.1) is 82.7 Å². The van der Waals surface area contributed by atoms with E-state index in [4.69, 9.17) is 26.8 Å². The smallest absolute Gasteiger partial charge is 0.410 e. The number of likely N-dealkylation sites (tertiary alicyclic amines) is 2. The van der Waals surface area contributed by atoms with Crippen molar-refractivity contribution in [3.63, 3.8) is 0 Å². The lowest BCUT2D eigenvalue weighted by Crippen LogP contribution is -2.47. The molecule has 3 saturated heterocycles. The molecule has 12 aromatic rings. The second-order valence-electron chi connectivity index (χ2n) is 26.5. The number of hydrogen-bond acceptors (Lipinski definition) is 20. The Morgan fingerprint density at radius 2 is 0.939 bits per heavy atom. The van der Waals surface area contributed by atoms with Gasteiger partial charge in [0, 0.05) is 79.8 Å². The monoisotopic (exact) mass is 1480 g/mol. The van der Waals surface area contributed by atoms with Gasteiger partial charge in [-0.3, -0.25) is 0 Å². The SMILES string of the molecule is CC1C(c2cc3c(Cl)c(F)cnc3s2)CCCN1C(=O)OC(C)(C)C.CC1C(c2cc3c(Nc4ccc5scnc5c4F)c(F)cnc3s2)CCCN1C(=O)OC(C)(C)C.CC1NCCCC1c1cc2c(Nc3ccc4scnc4c3F)c(F)cnc2s1.Nc1ccc2scnc2c1F. The van der Waals surface area contributed by atoms with E-state index in [1.54, 1.807) is 74.1 Å². The lowest BCUT2D eigenvalue weighted by molar-refractivity contribution is 0.00808. The van der Waals surface area contributed by atoms with Crippen molar-refractivity contribution in [3.05, 3.63) is 144 Å². The topological polar surface area (TPSA) is 199 Å². The molecule has 9 aromatic heterocycles. The first kappa shape index (κ1) is 71.3. The number of amides is 2. The predicted octanol–water partition coefficient (Wildman–Crippen LogP) is 20.8. The summed E-state index contributed by atoms with van der Waals surface area (Å²) in [6, 6.07) is 16.2. The highest BCUT2D eigenvalue weighted by atomic mass is 35.5. The van der Waals surface area contributed by atoms with Crippen LogP contribution in [-0.4, -0.2) is 101 Å². The minimum Gasteiger partial charge on any atom is -0.444 e. The fourth-order valence-electron chi connectivity index (χ4n) is 12.5. The molecule has 99 heavy (non-hydrogen) atoms. The Kier molecular flexibility index (Phi) is 21.3. The van der Waals surface area contributed by atoms with Crippen LogP contribution in [0.5, 0.6) is 0 Å². The number of fused-ring (bicyclic) bond motifs is 6. The largest absolute Gasteiger partial charge is 0.444 e. The number of carbonyl (C=O) groups is 2. The van der Waals surface area contributed by atoms with Crippen LogP contribution in [0.2, 0.25) is 5.02 Å². The summed E-state index contributed by atoms with van der Waals surface area (Å²) in [5.41, 5.74) is 10.9. The highest BCUT2D eigenvalue weighted by Gasteiger charge is 2.38. The normalized spacial score (nSPS) is 19.0. The number of anilines is 5. The fourth-order valence-corrected chi connectivity index (χ4v) is 18.5. The number of thiophene rings is 3. The number of pyridine rings is 3. The molecule has 0 spiro atoms. The van der Waals surface area contributed by atoms with Gasteiger partial charge in [0.2, 0.25) is 0 Å². The van der Waals surface area contributed by atoms with Crippen LogP contribution in [-0.2, 0) is 9.47 Å². The van der Waals surface area contributed by atoms with Crippen LogP contribution in [0.3, 0.4) is 0 Å². The Hall–Kier alpha value is -7.57. The number of hydrogen-bond donors (Lipinski definition) is 4. The van der Waals surface area contributed by atoms with Crippen molar-refractivity contribution in [2.75, 3.05) is 36.0 Å². The maximum Gasteiger partial charge on any atom is 0.410 e. The van der Waals surface area contributed by atoms with E-state index in [1.807, 2.05) is 73.6 Å². The van der Waals surface area contributed by atoms with E-state index in [0.29, 0.717) is 57.1 Å². The molecule has 12 heterocycles. The van der Waals surface area contributed by atoms with E-state index in [0.717, 1.165) is 91.0 Å². The molecule has 0 radical (unpaired) electrons. The first-order valence-corrected chi connectivity index (χ1v) is 37.6. The number of nitrogens with two attached hydrogens (primary N) is 1. The number of rotatable bonds is 7. The van der Waals surface area contributed by atoms with Crippen LogP contribution in [0.4, 0.5) is 64.4 Å². The Bertz CT molecular complexity index is 4950. The van der Waals surface area contributed by atoms with Gasteiger partial charge in [-0.15, -0.1) is 68.0 Å². The third-order valence-electron chi connectivity index (χ3n) is 17.5. The summed E-state index contributed by atoms with van der Waals surface area (Å²) in [6.07, 6.45) is 8.73. The van der Waals surface area contributed by atoms with Crippen molar-refractivity contribution < 1.29 is 45.4 Å². The van der Waals surface area contributed by atoms with Gasteiger partial charge in [0.25, 0.3) is 0 Å². The second-order valence-corrected chi connectivity index (χ2v) is 32.7. The average Bonchev–Trinajstić information content (AvgIpc) is 1.66. The van der Waals surface area contributed by atoms with Crippen molar-refractivity contribution >= 4 is 182 Å². The molecular formula is C70H71ClF6N12O4S6. The maximum atomic E-state index is 15.0. The molecule has 3 aromatic carbocycles. The van der Waals surface area contributed by atoms with Gasteiger partial charge in [-0.1, -0.05) is 11.6 Å². The molecule has 29 heteroatoms. The number of thiazole rings is 3. The van der Waals surface area contributed by atoms with E-state index in [-0.39, 0.29) is 75.1 Å². The molecule has 520 valence electrons. The number of carbonyl (C=O) groups excluding carboxylic acids is 2. The van der Waals surface area contributed by atoms with Gasteiger partial charge in [-0.05, 0) is 162 Å².